The number of halogens is 1. The Morgan fingerprint density at radius 1 is 1.31 bits per heavy atom. The minimum atomic E-state index is -4.27. The summed E-state index contributed by atoms with van der Waals surface area (Å²) < 4.78 is 53.6. The van der Waals surface area contributed by atoms with Crippen LogP contribution < -0.4 is 10.9 Å². The van der Waals surface area contributed by atoms with Crippen molar-refractivity contribution in [3.63, 3.8) is 0 Å². The molecule has 0 spiro atoms. The Labute approximate surface area is 285 Å². The first-order chi connectivity index (χ1) is 23.4. The number of ether oxygens (including phenoxy) is 1. The number of carbonyl (C=O) groups is 1. The summed E-state index contributed by atoms with van der Waals surface area (Å²) in [6, 6.07) is 1.94. The van der Waals surface area contributed by atoms with E-state index >= 15 is 4.39 Å². The molecular weight excluding hydrogens is 731 g/mol. The number of rotatable bonds is 6. The average Bonchev–Trinajstić information content (AvgIpc) is 3.72. The molecule has 25 heteroatoms. The van der Waals surface area contributed by atoms with E-state index in [0.29, 0.717) is 11.2 Å². The maximum absolute atomic E-state index is 16.3. The van der Waals surface area contributed by atoms with E-state index in [1.807, 2.05) is 6.07 Å². The second-order valence-corrected chi connectivity index (χ2v) is 16.6. The molecule has 2 aliphatic rings. The largest absolute Gasteiger partial charge is 0.345 e. The van der Waals surface area contributed by atoms with Crippen LogP contribution >= 0.6 is 13.4 Å². The molecule has 2 unspecified atom stereocenters. The molecule has 49 heavy (non-hydrogen) atoms. The molecule has 0 aromatic carbocycles. The zero-order valence-electron chi connectivity index (χ0n) is 25.6. The summed E-state index contributed by atoms with van der Waals surface area (Å²) in [7, 11) is 0. The summed E-state index contributed by atoms with van der Waals surface area (Å²) in [5, 5.41) is 19.3. The minimum absolute atomic E-state index is 0.0223. The monoisotopic (exact) mass is 759 g/mol. The van der Waals surface area contributed by atoms with Crippen LogP contribution in [0.4, 0.5) is 10.3 Å². The quantitative estimate of drug-likeness (QED) is 0.186. The van der Waals surface area contributed by atoms with E-state index in [1.54, 1.807) is 18.4 Å². The van der Waals surface area contributed by atoms with Gasteiger partial charge in [0.2, 0.25) is 11.9 Å². The van der Waals surface area contributed by atoms with Crippen molar-refractivity contribution in [3.8, 4) is 6.07 Å². The number of aromatic nitrogens is 9. The smallest absolute Gasteiger partial charge is 0.327 e. The predicted molar refractivity (Wildman–Crippen MR) is 172 cm³/mol. The number of hydrogen-bond acceptors (Lipinski definition) is 17. The van der Waals surface area contributed by atoms with Gasteiger partial charge >= 0.3 is 13.4 Å². The molecule has 1 saturated heterocycles. The minimum Gasteiger partial charge on any atom is -0.345 e. The highest BCUT2D eigenvalue weighted by Gasteiger charge is 2.51. The van der Waals surface area contributed by atoms with Crippen molar-refractivity contribution in [1.29, 1.82) is 5.26 Å². The number of carbonyl (C=O) groups excluding carboxylic acids is 1. The Balaban J connectivity index is 1.38. The molecule has 1 amide bonds. The molecule has 20 nitrogen and oxygen atoms in total. The van der Waals surface area contributed by atoms with Crippen molar-refractivity contribution in [2.75, 3.05) is 25.1 Å². The summed E-state index contributed by atoms with van der Waals surface area (Å²) in [4.78, 5) is 55.6. The molecule has 4 aromatic heterocycles. The highest BCUT2D eigenvalue weighted by molar-refractivity contribution is 8.07. The zero-order chi connectivity index (χ0) is 34.9. The van der Waals surface area contributed by atoms with Crippen LogP contribution in [0.5, 0.6) is 0 Å². The molecule has 6 atom stereocenters. The van der Waals surface area contributed by atoms with E-state index in [-0.39, 0.29) is 49.1 Å². The van der Waals surface area contributed by atoms with Crippen molar-refractivity contribution >= 4 is 71.2 Å². The number of anilines is 1. The van der Waals surface area contributed by atoms with Gasteiger partial charge < -0.3 is 32.3 Å². The van der Waals surface area contributed by atoms with Gasteiger partial charge in [0, 0.05) is 12.5 Å². The summed E-state index contributed by atoms with van der Waals surface area (Å²) in [6.07, 6.45) is -4.03. The Morgan fingerprint density at radius 3 is 2.90 bits per heavy atom. The molecular formula is C24H28FN11O9P2S2. The summed E-state index contributed by atoms with van der Waals surface area (Å²) in [5.41, 5.74) is -0.421. The van der Waals surface area contributed by atoms with Gasteiger partial charge in [-0.25, -0.2) is 19.3 Å². The van der Waals surface area contributed by atoms with Gasteiger partial charge in [0.1, 0.15) is 36.5 Å². The van der Waals surface area contributed by atoms with Gasteiger partial charge in [0.25, 0.3) is 5.56 Å². The Bertz CT molecular complexity index is 2070. The number of imidazole rings is 1. The van der Waals surface area contributed by atoms with Gasteiger partial charge in [0.15, 0.2) is 29.2 Å². The van der Waals surface area contributed by atoms with Crippen LogP contribution in [0.3, 0.4) is 0 Å². The molecule has 0 radical (unpaired) electrons. The third kappa shape index (κ3) is 7.74. The van der Waals surface area contributed by atoms with E-state index in [4.69, 9.17) is 56.2 Å². The average molecular weight is 760 g/mol. The molecule has 0 saturated carbocycles. The number of nitrogens with one attached hydrogen (secondary N) is 2. The second-order valence-electron chi connectivity index (χ2n) is 10.8. The van der Waals surface area contributed by atoms with Crippen LogP contribution in [0.2, 0.25) is 0 Å². The first kappa shape index (κ1) is 35.6. The first-order valence-corrected chi connectivity index (χ1v) is 19.7. The van der Waals surface area contributed by atoms with Crippen LogP contribution in [0.25, 0.3) is 22.3 Å². The topological polar surface area (TPSA) is 249 Å². The number of aromatic amines is 1. The highest BCUT2D eigenvalue weighted by Crippen LogP contribution is 2.53. The van der Waals surface area contributed by atoms with Crippen LogP contribution in [0.1, 0.15) is 32.3 Å². The van der Waals surface area contributed by atoms with Crippen LogP contribution in [-0.2, 0) is 68.9 Å². The van der Waals surface area contributed by atoms with Gasteiger partial charge in [-0.05, 0) is 23.6 Å². The maximum Gasteiger partial charge on any atom is 0.327 e. The van der Waals surface area contributed by atoms with E-state index in [9.17, 15) is 14.5 Å². The van der Waals surface area contributed by atoms with Gasteiger partial charge in [-0.15, -0.1) is 5.10 Å². The van der Waals surface area contributed by atoms with E-state index in [2.05, 4.69) is 40.5 Å². The lowest BCUT2D eigenvalue weighted by atomic mass is 10.1. The van der Waals surface area contributed by atoms with Crippen molar-refractivity contribution in [2.24, 2.45) is 5.92 Å². The number of amides is 1. The van der Waals surface area contributed by atoms with Crippen LogP contribution in [-0.4, -0.2) is 93.5 Å². The van der Waals surface area contributed by atoms with Gasteiger partial charge in [-0.2, -0.15) is 14.9 Å². The lowest BCUT2D eigenvalue weighted by Gasteiger charge is -2.24. The molecule has 6 heterocycles. The number of hydrogen-bond donors (Lipinski definition) is 3. The summed E-state index contributed by atoms with van der Waals surface area (Å²) >= 11 is 10.9. The number of fused-ring (bicyclic) bond motifs is 6. The third-order valence-electron chi connectivity index (χ3n) is 7.13. The molecule has 2 bridgehead atoms. The second kappa shape index (κ2) is 14.5. The number of nitriles is 1. The predicted octanol–water partition coefficient (Wildman–Crippen LogP) is 1.50. The molecule has 0 aliphatic carbocycles. The number of H-pyrrole nitrogens is 1. The van der Waals surface area contributed by atoms with E-state index in [1.165, 1.54) is 12.5 Å². The van der Waals surface area contributed by atoms with Gasteiger partial charge in [-0.1, -0.05) is 19.1 Å². The molecule has 3 N–H and O–H groups in total. The lowest BCUT2D eigenvalue weighted by molar-refractivity contribution is -0.118. The summed E-state index contributed by atoms with van der Waals surface area (Å²) in [5.74, 6) is -0.866. The Hall–Kier alpha value is -3.26. The fourth-order valence-corrected chi connectivity index (χ4v) is 7.91. The maximum atomic E-state index is 16.3. The van der Waals surface area contributed by atoms with E-state index < -0.39 is 68.6 Å². The SMILES string of the molecule is CC(C)C(=O)Nc1nc2c(nnn2[C@@H]2O[C@@H]3COP(=S)(OCCC#N)OCCn4c(nc5cncnc54)COP(O)(=S)O[C@@H]2[C@@H]3F)c(=O)[nH]1. The van der Waals surface area contributed by atoms with Crippen molar-refractivity contribution < 1.29 is 41.4 Å². The fourth-order valence-electron chi connectivity index (χ4n) is 4.79. The van der Waals surface area contributed by atoms with Crippen LogP contribution in [0.15, 0.2) is 17.3 Å². The normalized spacial score (nSPS) is 28.2. The Morgan fingerprint density at radius 2 is 2.12 bits per heavy atom. The fraction of sp³-hybridized carbons (Fsp3) is 0.542. The Kier molecular flexibility index (Phi) is 10.5. The number of nitrogens with zero attached hydrogens (tertiary/aromatic N) is 9. The molecule has 4 aromatic rings. The standard InChI is InChI=1S/C24H28FN11O9P2S2/c1-12(2)21(37)31-24-30-20-17(22(38)32-24)33-34-36(20)23-18-16(25)14(44-23)9-43-47(49,40-6-3-4-26)41-7-5-35-15(10-42-46(39,48)45-18)29-13-8-27-11-28-19(13)35/h8,11-12,14,16,18,23H,3,5-7,9-10H2,1-2H3,(H,39,48)(H2,30,31,32,37,38)/t14-,16-,18-,23-,46?,47?/m1/s1. The van der Waals surface area contributed by atoms with Crippen molar-refractivity contribution in [2.45, 2.75) is 58.0 Å². The molecule has 2 aliphatic heterocycles. The molecule has 1 fully saturated rings. The van der Waals surface area contributed by atoms with Gasteiger partial charge in [-0.3, -0.25) is 24.4 Å². The highest BCUT2D eigenvalue weighted by atomic mass is 32.5. The lowest BCUT2D eigenvalue weighted by Crippen LogP contribution is -2.32. The van der Waals surface area contributed by atoms with Crippen LogP contribution in [0, 0.1) is 17.2 Å². The zero-order valence-corrected chi connectivity index (χ0v) is 29.0. The van der Waals surface area contributed by atoms with Crippen molar-refractivity contribution in [3.05, 3.63) is 28.7 Å². The molecule has 262 valence electrons. The summed E-state index contributed by atoms with van der Waals surface area (Å²) in [6.45, 7) is -5.64. The van der Waals surface area contributed by atoms with Crippen molar-refractivity contribution in [1.82, 2.24) is 44.5 Å². The third-order valence-corrected chi connectivity index (χ3v) is 11.1. The number of alkyl halides is 1. The van der Waals surface area contributed by atoms with E-state index in [0.717, 1.165) is 4.68 Å². The molecule has 6 rings (SSSR count). The first-order valence-electron chi connectivity index (χ1n) is 14.5. The van der Waals surface area contributed by atoms with Gasteiger partial charge in [0.05, 0.1) is 38.5 Å².